The summed E-state index contributed by atoms with van der Waals surface area (Å²) >= 11 is 2.70. The third kappa shape index (κ3) is 6.46. The molecule has 0 bridgehead atoms. The molecule has 0 fully saturated rings. The molecule has 0 saturated carbocycles. The summed E-state index contributed by atoms with van der Waals surface area (Å²) in [6.07, 6.45) is 0.499. The third-order valence-corrected chi connectivity index (χ3v) is 8.86. The van der Waals surface area contributed by atoms with Gasteiger partial charge in [0.25, 0.3) is 11.8 Å². The molecule has 6 rings (SSSR count). The largest absolute Gasteiger partial charge is 0.345 e. The molecule has 0 radical (unpaired) electrons. The van der Waals surface area contributed by atoms with Gasteiger partial charge in [-0.2, -0.15) is 5.10 Å². The maximum atomic E-state index is 13.8. The van der Waals surface area contributed by atoms with Gasteiger partial charge in [0.15, 0.2) is 11.0 Å². The summed E-state index contributed by atoms with van der Waals surface area (Å²) in [6, 6.07) is 22.6. The number of aromatic nitrogens is 3. The second-order valence-electron chi connectivity index (χ2n) is 10.1. The molecule has 0 saturated heterocycles. The molecule has 1 atom stereocenters. The Bertz CT molecular complexity index is 1820. The van der Waals surface area contributed by atoms with Gasteiger partial charge in [-0.3, -0.25) is 14.2 Å². The van der Waals surface area contributed by atoms with Crippen molar-refractivity contribution in [3.8, 4) is 5.69 Å². The van der Waals surface area contributed by atoms with Crippen LogP contribution in [0.5, 0.6) is 0 Å². The topological polar surface area (TPSA) is 92.5 Å². The number of halogens is 2. The van der Waals surface area contributed by atoms with Gasteiger partial charge in [-0.05, 0) is 72.5 Å². The normalized spacial score (nSPS) is 14.5. The molecule has 44 heavy (non-hydrogen) atoms. The van der Waals surface area contributed by atoms with Gasteiger partial charge in [0.2, 0.25) is 0 Å². The van der Waals surface area contributed by atoms with Crippen LogP contribution in [0.2, 0.25) is 0 Å². The number of hydrazone groups is 1. The highest BCUT2D eigenvalue weighted by molar-refractivity contribution is 7.99. The fraction of sp³-hybridized carbons (Fsp3) is 0.156. The highest BCUT2D eigenvalue weighted by atomic mass is 32.2. The molecule has 1 aliphatic heterocycles. The summed E-state index contributed by atoms with van der Waals surface area (Å²) < 4.78 is 29.1. The van der Waals surface area contributed by atoms with Crippen LogP contribution >= 0.6 is 23.1 Å². The van der Waals surface area contributed by atoms with Crippen LogP contribution in [0.1, 0.15) is 44.6 Å². The number of carbonyl (C=O) groups is 2. The Kier molecular flexibility index (Phi) is 8.62. The van der Waals surface area contributed by atoms with Crippen LogP contribution in [0, 0.1) is 18.6 Å². The third-order valence-electron chi connectivity index (χ3n) is 7.02. The number of nitrogens with one attached hydrogen (secondary N) is 1. The fourth-order valence-corrected chi connectivity index (χ4v) is 6.42. The van der Waals surface area contributed by atoms with Crippen molar-refractivity contribution in [2.24, 2.45) is 5.10 Å². The average Bonchev–Trinajstić information content (AvgIpc) is 3.80. The van der Waals surface area contributed by atoms with Crippen molar-refractivity contribution in [2.45, 2.75) is 31.1 Å². The first kappa shape index (κ1) is 29.4. The zero-order chi connectivity index (χ0) is 30.6. The molecule has 5 aromatic rings. The van der Waals surface area contributed by atoms with Crippen molar-refractivity contribution < 1.29 is 18.4 Å². The molecular formula is C32H26F2N6O2S2. The van der Waals surface area contributed by atoms with Gasteiger partial charge in [-0.1, -0.05) is 47.7 Å². The molecule has 0 spiro atoms. The van der Waals surface area contributed by atoms with Gasteiger partial charge >= 0.3 is 0 Å². The van der Waals surface area contributed by atoms with E-state index in [0.717, 1.165) is 33.5 Å². The molecule has 12 heteroatoms. The molecule has 2 amide bonds. The zero-order valence-corrected chi connectivity index (χ0v) is 25.1. The SMILES string of the molecule is Cc1cccc(C(=O)NCc2nnc(SCC(=O)N3N=C(c4cccs4)CC3c3ccc(F)cc3)n2-c2ccc(F)cc2)c1. The number of aryl methyl sites for hydroxylation is 1. The second kappa shape index (κ2) is 12.9. The minimum absolute atomic E-state index is 0.0199. The van der Waals surface area contributed by atoms with Crippen LogP contribution in [-0.2, 0) is 11.3 Å². The Balaban J connectivity index is 1.23. The molecule has 1 unspecified atom stereocenters. The average molecular weight is 629 g/mol. The van der Waals surface area contributed by atoms with E-state index in [9.17, 15) is 18.4 Å². The van der Waals surface area contributed by atoms with Gasteiger partial charge in [-0.15, -0.1) is 21.5 Å². The predicted octanol–water partition coefficient (Wildman–Crippen LogP) is 6.32. The van der Waals surface area contributed by atoms with Crippen molar-refractivity contribution in [3.05, 3.63) is 129 Å². The van der Waals surface area contributed by atoms with Gasteiger partial charge in [0.1, 0.15) is 11.6 Å². The maximum Gasteiger partial charge on any atom is 0.253 e. The summed E-state index contributed by atoms with van der Waals surface area (Å²) in [5.41, 5.74) is 3.62. The summed E-state index contributed by atoms with van der Waals surface area (Å²) in [7, 11) is 0. The second-order valence-corrected chi connectivity index (χ2v) is 12.0. The Morgan fingerprint density at radius 3 is 2.43 bits per heavy atom. The summed E-state index contributed by atoms with van der Waals surface area (Å²) in [6.45, 7) is 1.96. The lowest BCUT2D eigenvalue weighted by Gasteiger charge is -2.22. The van der Waals surface area contributed by atoms with E-state index in [2.05, 4.69) is 20.6 Å². The number of rotatable bonds is 9. The quantitative estimate of drug-likeness (QED) is 0.193. The molecular weight excluding hydrogens is 603 g/mol. The lowest BCUT2D eigenvalue weighted by atomic mass is 10.0. The van der Waals surface area contributed by atoms with E-state index in [-0.39, 0.29) is 36.0 Å². The smallest absolute Gasteiger partial charge is 0.253 e. The molecule has 2 aromatic heterocycles. The summed E-state index contributed by atoms with van der Waals surface area (Å²) in [5.74, 6) is -0.901. The number of hydrogen-bond acceptors (Lipinski definition) is 7. The van der Waals surface area contributed by atoms with E-state index in [1.165, 1.54) is 29.3 Å². The van der Waals surface area contributed by atoms with Crippen molar-refractivity contribution >= 4 is 40.6 Å². The van der Waals surface area contributed by atoms with Crippen LogP contribution in [0.3, 0.4) is 0 Å². The van der Waals surface area contributed by atoms with E-state index in [1.54, 1.807) is 52.3 Å². The molecule has 1 aliphatic rings. The van der Waals surface area contributed by atoms with Crippen LogP contribution in [0.25, 0.3) is 5.69 Å². The molecule has 1 N–H and O–H groups in total. The number of hydrogen-bond donors (Lipinski definition) is 1. The Hall–Kier alpha value is -4.68. The van der Waals surface area contributed by atoms with Gasteiger partial charge in [0.05, 0.1) is 28.9 Å². The van der Waals surface area contributed by atoms with Crippen LogP contribution in [-0.4, -0.2) is 43.1 Å². The first-order valence-electron chi connectivity index (χ1n) is 13.7. The van der Waals surface area contributed by atoms with Crippen molar-refractivity contribution in [3.63, 3.8) is 0 Å². The van der Waals surface area contributed by atoms with E-state index in [4.69, 9.17) is 0 Å². The molecule has 3 aromatic carbocycles. The lowest BCUT2D eigenvalue weighted by molar-refractivity contribution is -0.130. The monoisotopic (exact) mass is 628 g/mol. The highest BCUT2D eigenvalue weighted by Crippen LogP contribution is 2.35. The van der Waals surface area contributed by atoms with Crippen LogP contribution in [0.4, 0.5) is 8.78 Å². The van der Waals surface area contributed by atoms with Crippen molar-refractivity contribution in [1.82, 2.24) is 25.1 Å². The number of nitrogens with zero attached hydrogens (tertiary/aromatic N) is 5. The minimum Gasteiger partial charge on any atom is -0.345 e. The Morgan fingerprint density at radius 2 is 1.73 bits per heavy atom. The minimum atomic E-state index is -0.402. The molecule has 0 aliphatic carbocycles. The lowest BCUT2D eigenvalue weighted by Crippen LogP contribution is -2.28. The van der Waals surface area contributed by atoms with Crippen LogP contribution < -0.4 is 5.32 Å². The summed E-state index contributed by atoms with van der Waals surface area (Å²) in [5, 5.41) is 19.9. The van der Waals surface area contributed by atoms with Gasteiger partial charge in [-0.25, -0.2) is 13.8 Å². The van der Waals surface area contributed by atoms with Crippen LogP contribution in [0.15, 0.2) is 101 Å². The molecule has 8 nitrogen and oxygen atoms in total. The molecule has 3 heterocycles. The maximum absolute atomic E-state index is 13.8. The van der Waals surface area contributed by atoms with Crippen molar-refractivity contribution in [1.29, 1.82) is 0 Å². The van der Waals surface area contributed by atoms with E-state index < -0.39 is 5.82 Å². The van der Waals surface area contributed by atoms with E-state index >= 15 is 0 Å². The number of amides is 2. The van der Waals surface area contributed by atoms with E-state index in [1.807, 2.05) is 36.6 Å². The number of benzene rings is 3. The number of carbonyl (C=O) groups excluding carboxylic acids is 2. The van der Waals surface area contributed by atoms with E-state index in [0.29, 0.717) is 28.7 Å². The van der Waals surface area contributed by atoms with Gasteiger partial charge < -0.3 is 5.32 Å². The first-order chi connectivity index (χ1) is 21.4. The van der Waals surface area contributed by atoms with Gasteiger partial charge in [0, 0.05) is 17.7 Å². The Labute approximate surface area is 260 Å². The Morgan fingerprint density at radius 1 is 0.977 bits per heavy atom. The molecule has 222 valence electrons. The highest BCUT2D eigenvalue weighted by Gasteiger charge is 2.33. The standard InChI is InChI=1S/C32H26F2N6O2S2/c1-20-4-2-5-22(16-20)31(42)35-18-29-36-37-32(39(29)25-13-11-24(34)12-14-25)44-19-30(41)40-27(21-7-9-23(33)10-8-21)17-26(38-40)28-6-3-15-43-28/h2-16,27H,17-19H2,1H3,(H,35,42). The predicted molar refractivity (Wildman–Crippen MR) is 166 cm³/mol. The summed E-state index contributed by atoms with van der Waals surface area (Å²) in [4.78, 5) is 27.4. The number of thioether (sulfide) groups is 1. The first-order valence-corrected chi connectivity index (χ1v) is 15.6. The number of thiophene rings is 1. The zero-order valence-electron chi connectivity index (χ0n) is 23.5. The van der Waals surface area contributed by atoms with Crippen molar-refractivity contribution in [2.75, 3.05) is 5.75 Å². The fourth-order valence-electron chi connectivity index (χ4n) is 4.87.